The molecule has 0 radical (unpaired) electrons. The summed E-state index contributed by atoms with van der Waals surface area (Å²) in [6, 6.07) is 1.63. The van der Waals surface area contributed by atoms with Crippen LogP contribution in [0.2, 0.25) is 0 Å². The molecule has 2 rings (SSSR count). The minimum Gasteiger partial charge on any atom is -0.354 e. The highest BCUT2D eigenvalue weighted by Gasteiger charge is 2.16. The molecule has 2 heterocycles. The van der Waals surface area contributed by atoms with Crippen LogP contribution in [0.4, 0.5) is 0 Å². The largest absolute Gasteiger partial charge is 0.354 e. The van der Waals surface area contributed by atoms with Crippen molar-refractivity contribution >= 4 is 5.91 Å². The van der Waals surface area contributed by atoms with Crippen LogP contribution in [0.3, 0.4) is 0 Å². The number of hydrogen-bond donors (Lipinski definition) is 1. The fraction of sp³-hybridized carbons (Fsp3) is 0.357. The lowest BCUT2D eigenvalue weighted by molar-refractivity contribution is 0.0958. The van der Waals surface area contributed by atoms with Crippen LogP contribution in [0, 0.1) is 0 Å². The highest BCUT2D eigenvalue weighted by Crippen LogP contribution is 2.25. The topological polar surface area (TPSA) is 80.7 Å². The maximum Gasteiger partial charge on any atom is 0.269 e. The molecule has 0 spiro atoms. The monoisotopic (exact) mass is 271 g/mol. The second-order valence-electron chi connectivity index (χ2n) is 4.47. The van der Waals surface area contributed by atoms with E-state index in [1.807, 2.05) is 0 Å². The summed E-state index contributed by atoms with van der Waals surface area (Å²) in [6.45, 7) is 4.19. The van der Waals surface area contributed by atoms with Gasteiger partial charge in [0.05, 0.1) is 11.4 Å². The third-order valence-electron chi connectivity index (χ3n) is 3.18. The predicted molar refractivity (Wildman–Crippen MR) is 75.2 cm³/mol. The van der Waals surface area contributed by atoms with Crippen molar-refractivity contribution in [2.75, 3.05) is 7.05 Å². The minimum atomic E-state index is -0.248. The molecule has 2 aromatic rings. The van der Waals surface area contributed by atoms with Crippen molar-refractivity contribution in [2.45, 2.75) is 26.2 Å². The Bertz CT molecular complexity index is 614. The molecule has 2 aromatic heterocycles. The molecule has 1 atom stereocenters. The van der Waals surface area contributed by atoms with Gasteiger partial charge in [0.25, 0.3) is 5.91 Å². The molecule has 0 aliphatic heterocycles. The fourth-order valence-electron chi connectivity index (χ4n) is 1.84. The highest BCUT2D eigenvalue weighted by atomic mass is 16.1. The van der Waals surface area contributed by atoms with Crippen molar-refractivity contribution in [3.8, 4) is 11.4 Å². The van der Waals surface area contributed by atoms with E-state index in [4.69, 9.17) is 0 Å². The molecular weight excluding hydrogens is 254 g/mol. The zero-order valence-electron chi connectivity index (χ0n) is 11.8. The van der Waals surface area contributed by atoms with Crippen molar-refractivity contribution in [3.05, 3.63) is 36.2 Å². The molecule has 1 unspecified atom stereocenters. The van der Waals surface area contributed by atoms with Crippen LogP contribution in [-0.4, -0.2) is 32.9 Å². The van der Waals surface area contributed by atoms with Gasteiger partial charge in [-0.25, -0.2) is 9.97 Å². The molecule has 1 amide bonds. The summed E-state index contributed by atoms with van der Waals surface area (Å²) in [5.74, 6) is 0.0275. The molecule has 0 aliphatic carbocycles. The maximum atomic E-state index is 11.6. The number of nitrogens with zero attached hydrogens (tertiary/aromatic N) is 4. The summed E-state index contributed by atoms with van der Waals surface area (Å²) < 4.78 is 0. The van der Waals surface area contributed by atoms with Gasteiger partial charge in [-0.3, -0.25) is 14.8 Å². The van der Waals surface area contributed by atoms with Crippen LogP contribution in [0.15, 0.2) is 24.8 Å². The summed E-state index contributed by atoms with van der Waals surface area (Å²) in [5, 5.41) is 2.54. The molecular formula is C14H17N5O. The highest BCUT2D eigenvalue weighted by molar-refractivity contribution is 5.92. The average molecular weight is 271 g/mol. The van der Waals surface area contributed by atoms with E-state index in [1.165, 1.54) is 6.33 Å². The van der Waals surface area contributed by atoms with Crippen LogP contribution in [-0.2, 0) is 0 Å². The van der Waals surface area contributed by atoms with E-state index in [2.05, 4.69) is 39.1 Å². The van der Waals surface area contributed by atoms with Gasteiger partial charge in [0.1, 0.15) is 17.7 Å². The molecule has 20 heavy (non-hydrogen) atoms. The first-order chi connectivity index (χ1) is 9.67. The molecule has 0 saturated heterocycles. The van der Waals surface area contributed by atoms with Gasteiger partial charge >= 0.3 is 0 Å². The molecule has 0 aromatic carbocycles. The van der Waals surface area contributed by atoms with E-state index in [0.29, 0.717) is 17.1 Å². The SMILES string of the molecule is CCC(C)c1nccnc1-c1cc(C(=O)NC)ncn1. The summed E-state index contributed by atoms with van der Waals surface area (Å²) in [7, 11) is 1.57. The third kappa shape index (κ3) is 2.79. The Hall–Kier alpha value is -2.37. The fourth-order valence-corrected chi connectivity index (χ4v) is 1.84. The summed E-state index contributed by atoms with van der Waals surface area (Å²) in [4.78, 5) is 28.6. The molecule has 0 fully saturated rings. The Kier molecular flexibility index (Phi) is 4.34. The second kappa shape index (κ2) is 6.18. The Morgan fingerprint density at radius 1 is 1.25 bits per heavy atom. The molecule has 6 heteroatoms. The van der Waals surface area contributed by atoms with E-state index in [-0.39, 0.29) is 11.8 Å². The maximum absolute atomic E-state index is 11.6. The van der Waals surface area contributed by atoms with Crippen molar-refractivity contribution in [1.82, 2.24) is 25.3 Å². The molecule has 1 N–H and O–H groups in total. The first-order valence-corrected chi connectivity index (χ1v) is 6.52. The van der Waals surface area contributed by atoms with Gasteiger partial charge in [-0.15, -0.1) is 0 Å². The van der Waals surface area contributed by atoms with Crippen molar-refractivity contribution < 1.29 is 4.79 Å². The number of carbonyl (C=O) groups is 1. The van der Waals surface area contributed by atoms with Crippen LogP contribution in [0.5, 0.6) is 0 Å². The minimum absolute atomic E-state index is 0.248. The van der Waals surface area contributed by atoms with Gasteiger partial charge in [0, 0.05) is 25.4 Å². The number of rotatable bonds is 4. The zero-order valence-corrected chi connectivity index (χ0v) is 11.8. The number of hydrogen-bond acceptors (Lipinski definition) is 5. The third-order valence-corrected chi connectivity index (χ3v) is 3.18. The average Bonchev–Trinajstić information content (AvgIpc) is 2.53. The number of amides is 1. The van der Waals surface area contributed by atoms with Crippen molar-refractivity contribution in [2.24, 2.45) is 0 Å². The second-order valence-corrected chi connectivity index (χ2v) is 4.47. The Morgan fingerprint density at radius 2 is 2.00 bits per heavy atom. The Morgan fingerprint density at radius 3 is 2.70 bits per heavy atom. The van der Waals surface area contributed by atoms with E-state index in [0.717, 1.165) is 12.1 Å². The normalized spacial score (nSPS) is 11.9. The molecule has 6 nitrogen and oxygen atoms in total. The van der Waals surface area contributed by atoms with Crippen LogP contribution in [0.25, 0.3) is 11.4 Å². The van der Waals surface area contributed by atoms with Crippen molar-refractivity contribution in [1.29, 1.82) is 0 Å². The van der Waals surface area contributed by atoms with Crippen LogP contribution >= 0.6 is 0 Å². The summed E-state index contributed by atoms with van der Waals surface area (Å²) >= 11 is 0. The summed E-state index contributed by atoms with van der Waals surface area (Å²) in [5.41, 5.74) is 2.52. The van der Waals surface area contributed by atoms with E-state index < -0.39 is 0 Å². The molecule has 104 valence electrons. The Labute approximate surface area is 117 Å². The molecule has 0 bridgehead atoms. The first-order valence-electron chi connectivity index (χ1n) is 6.52. The predicted octanol–water partition coefficient (Wildman–Crippen LogP) is 1.81. The van der Waals surface area contributed by atoms with E-state index in [1.54, 1.807) is 25.5 Å². The van der Waals surface area contributed by atoms with Gasteiger partial charge in [-0.1, -0.05) is 13.8 Å². The standard InChI is InChI=1S/C14H17N5O/c1-4-9(2)12-13(17-6-5-16-12)10-7-11(14(20)15-3)19-8-18-10/h5-9H,4H2,1-3H3,(H,15,20). The van der Waals surface area contributed by atoms with E-state index >= 15 is 0 Å². The van der Waals surface area contributed by atoms with Crippen LogP contribution in [0.1, 0.15) is 42.4 Å². The lowest BCUT2D eigenvalue weighted by Gasteiger charge is -2.12. The van der Waals surface area contributed by atoms with Gasteiger partial charge in [0.2, 0.25) is 0 Å². The number of nitrogens with one attached hydrogen (secondary N) is 1. The number of aromatic nitrogens is 4. The number of carbonyl (C=O) groups excluding carboxylic acids is 1. The zero-order chi connectivity index (χ0) is 14.5. The first kappa shape index (κ1) is 14.0. The Balaban J connectivity index is 2.49. The van der Waals surface area contributed by atoms with E-state index in [9.17, 15) is 4.79 Å². The smallest absolute Gasteiger partial charge is 0.269 e. The quantitative estimate of drug-likeness (QED) is 0.917. The lowest BCUT2D eigenvalue weighted by atomic mass is 10.0. The van der Waals surface area contributed by atoms with Gasteiger partial charge in [-0.2, -0.15) is 0 Å². The molecule has 0 aliphatic rings. The van der Waals surface area contributed by atoms with Gasteiger partial charge < -0.3 is 5.32 Å². The lowest BCUT2D eigenvalue weighted by Crippen LogP contribution is -2.19. The van der Waals surface area contributed by atoms with Crippen molar-refractivity contribution in [3.63, 3.8) is 0 Å². The summed E-state index contributed by atoms with van der Waals surface area (Å²) in [6.07, 6.45) is 5.63. The molecule has 0 saturated carbocycles. The van der Waals surface area contributed by atoms with Gasteiger partial charge in [0.15, 0.2) is 0 Å². The van der Waals surface area contributed by atoms with Crippen LogP contribution < -0.4 is 5.32 Å². The van der Waals surface area contributed by atoms with Gasteiger partial charge in [-0.05, 0) is 12.5 Å².